The van der Waals surface area contributed by atoms with E-state index in [0.29, 0.717) is 104 Å². The lowest BCUT2D eigenvalue weighted by atomic mass is 10.1. The maximum absolute atomic E-state index is 5.81. The van der Waals surface area contributed by atoms with E-state index in [1.165, 1.54) is 32.1 Å². The van der Waals surface area contributed by atoms with Crippen molar-refractivity contribution in [3.05, 3.63) is 24.3 Å². The first-order chi connectivity index (χ1) is 18.3. The molecule has 0 aliphatic rings. The van der Waals surface area contributed by atoms with E-state index in [-0.39, 0.29) is 0 Å². The van der Waals surface area contributed by atoms with E-state index in [9.17, 15) is 0 Å². The Morgan fingerprint density at radius 2 is 0.838 bits per heavy atom. The Morgan fingerprint density at radius 3 is 1.30 bits per heavy atom. The Labute approximate surface area is 224 Å². The summed E-state index contributed by atoms with van der Waals surface area (Å²) in [5.74, 6) is 0.677. The maximum atomic E-state index is 5.81. The molecule has 0 fully saturated rings. The summed E-state index contributed by atoms with van der Waals surface area (Å²) in [5, 5.41) is 0. The molecule has 0 unspecified atom stereocenters. The molecule has 0 saturated heterocycles. The van der Waals surface area contributed by atoms with Gasteiger partial charge in [0.25, 0.3) is 0 Å². The van der Waals surface area contributed by atoms with Crippen molar-refractivity contribution in [3.8, 4) is 5.75 Å². The summed E-state index contributed by atoms with van der Waals surface area (Å²) in [6.07, 6.45) is 7.70. The van der Waals surface area contributed by atoms with Crippen molar-refractivity contribution in [1.29, 1.82) is 0 Å². The molecular weight excluding hydrogens is 478 g/mol. The molecule has 0 aliphatic heterocycles. The Hall–Kier alpha value is -1.46. The molecule has 2 N–H and O–H groups in total. The van der Waals surface area contributed by atoms with Crippen LogP contribution in [0.4, 0.5) is 5.69 Å². The lowest BCUT2D eigenvalue weighted by Crippen LogP contribution is -2.15. The van der Waals surface area contributed by atoms with E-state index in [1.54, 1.807) is 6.07 Å². The number of ether oxygens (including phenoxy) is 8. The normalized spacial score (nSPS) is 11.3. The van der Waals surface area contributed by atoms with Crippen molar-refractivity contribution >= 4 is 5.69 Å². The summed E-state index contributed by atoms with van der Waals surface area (Å²) in [7, 11) is 0. The Kier molecular flexibility index (Phi) is 25.0. The first-order valence-electron chi connectivity index (χ1n) is 13.9. The molecule has 0 amide bonds. The van der Waals surface area contributed by atoms with Gasteiger partial charge < -0.3 is 43.6 Å². The van der Waals surface area contributed by atoms with Crippen LogP contribution >= 0.6 is 0 Å². The van der Waals surface area contributed by atoms with Gasteiger partial charge in [-0.3, -0.25) is 0 Å². The fraction of sp³-hybridized carbons (Fsp3) is 0.786. The standard InChI is InChI=1S/C28H51NO8/c1-2-3-4-5-6-9-12-30-13-14-31-15-16-32-17-18-33-19-20-34-21-22-35-23-24-36-25-26-37-28-11-8-7-10-27(28)29/h7-8,10-11H,2-6,9,12-26,29H2,1H3. The van der Waals surface area contributed by atoms with Gasteiger partial charge in [-0.05, 0) is 18.6 Å². The second-order valence-electron chi connectivity index (χ2n) is 8.44. The van der Waals surface area contributed by atoms with Crippen LogP contribution < -0.4 is 10.5 Å². The van der Waals surface area contributed by atoms with Gasteiger partial charge in [-0.1, -0.05) is 51.2 Å². The molecule has 9 nitrogen and oxygen atoms in total. The number of hydrogen-bond acceptors (Lipinski definition) is 9. The SMILES string of the molecule is CCCCCCCCOCCOCCOCCOCCOCCOCCOCCOc1ccccc1N. The topological polar surface area (TPSA) is 99.9 Å². The number of anilines is 1. The van der Waals surface area contributed by atoms with Crippen molar-refractivity contribution in [1.82, 2.24) is 0 Å². The number of benzene rings is 1. The van der Waals surface area contributed by atoms with Crippen LogP contribution in [0.15, 0.2) is 24.3 Å². The van der Waals surface area contributed by atoms with Crippen LogP contribution in [0.25, 0.3) is 0 Å². The van der Waals surface area contributed by atoms with Crippen molar-refractivity contribution in [2.75, 3.05) is 105 Å². The van der Waals surface area contributed by atoms with E-state index < -0.39 is 0 Å². The van der Waals surface area contributed by atoms with Gasteiger partial charge in [0.1, 0.15) is 12.4 Å². The summed E-state index contributed by atoms with van der Waals surface area (Å²) in [5.41, 5.74) is 6.44. The first-order valence-corrected chi connectivity index (χ1v) is 13.9. The number of nitrogen functional groups attached to an aromatic ring is 1. The molecule has 216 valence electrons. The zero-order chi connectivity index (χ0) is 26.5. The summed E-state index contributed by atoms with van der Waals surface area (Å²) >= 11 is 0. The van der Waals surface area contributed by atoms with Gasteiger partial charge in [-0.25, -0.2) is 0 Å². The molecule has 1 aromatic carbocycles. The number of nitrogens with two attached hydrogens (primary N) is 1. The van der Waals surface area contributed by atoms with Crippen LogP contribution in [0.3, 0.4) is 0 Å². The van der Waals surface area contributed by atoms with Gasteiger partial charge in [-0.15, -0.1) is 0 Å². The molecule has 1 aromatic rings. The van der Waals surface area contributed by atoms with E-state index in [1.807, 2.05) is 18.2 Å². The van der Waals surface area contributed by atoms with Gasteiger partial charge in [0.2, 0.25) is 0 Å². The van der Waals surface area contributed by atoms with E-state index >= 15 is 0 Å². The molecule has 0 aliphatic carbocycles. The monoisotopic (exact) mass is 529 g/mol. The number of unbranched alkanes of at least 4 members (excludes halogenated alkanes) is 5. The molecule has 0 heterocycles. The second kappa shape index (κ2) is 27.6. The van der Waals surface area contributed by atoms with Crippen LogP contribution in [-0.4, -0.2) is 99.1 Å². The van der Waals surface area contributed by atoms with Crippen LogP contribution in [0, 0.1) is 0 Å². The third-order valence-electron chi connectivity index (χ3n) is 5.28. The number of hydrogen-bond donors (Lipinski definition) is 1. The van der Waals surface area contributed by atoms with E-state index in [2.05, 4.69) is 6.92 Å². The predicted molar refractivity (Wildman–Crippen MR) is 145 cm³/mol. The molecule has 0 bridgehead atoms. The quantitative estimate of drug-likeness (QED) is 0.121. The molecule has 9 heteroatoms. The third-order valence-corrected chi connectivity index (χ3v) is 5.28. The fourth-order valence-corrected chi connectivity index (χ4v) is 3.23. The minimum atomic E-state index is 0.449. The highest BCUT2D eigenvalue weighted by molar-refractivity contribution is 5.51. The minimum Gasteiger partial charge on any atom is -0.489 e. The largest absolute Gasteiger partial charge is 0.489 e. The van der Waals surface area contributed by atoms with Gasteiger partial charge in [-0.2, -0.15) is 0 Å². The highest BCUT2D eigenvalue weighted by Gasteiger charge is 1.98. The van der Waals surface area contributed by atoms with E-state index in [0.717, 1.165) is 13.0 Å². The van der Waals surface area contributed by atoms with Crippen LogP contribution in [-0.2, 0) is 33.2 Å². The van der Waals surface area contributed by atoms with Crippen LogP contribution in [0.1, 0.15) is 45.4 Å². The molecule has 1 rings (SSSR count). The number of para-hydroxylation sites is 2. The minimum absolute atomic E-state index is 0.449. The fourth-order valence-electron chi connectivity index (χ4n) is 3.23. The van der Waals surface area contributed by atoms with Crippen molar-refractivity contribution in [2.24, 2.45) is 0 Å². The summed E-state index contributed by atoms with van der Waals surface area (Å²) in [4.78, 5) is 0. The summed E-state index contributed by atoms with van der Waals surface area (Å²) in [6.45, 7) is 10.6. The van der Waals surface area contributed by atoms with Crippen molar-refractivity contribution in [2.45, 2.75) is 45.4 Å². The molecule has 0 aromatic heterocycles. The van der Waals surface area contributed by atoms with Crippen LogP contribution in [0.2, 0.25) is 0 Å². The maximum Gasteiger partial charge on any atom is 0.142 e. The Balaban J connectivity index is 1.65. The van der Waals surface area contributed by atoms with Gasteiger partial charge in [0.05, 0.1) is 91.6 Å². The smallest absolute Gasteiger partial charge is 0.142 e. The predicted octanol–water partition coefficient (Wildman–Crippen LogP) is 4.12. The second-order valence-corrected chi connectivity index (χ2v) is 8.44. The summed E-state index contributed by atoms with van der Waals surface area (Å²) in [6, 6.07) is 7.40. The van der Waals surface area contributed by atoms with Crippen molar-refractivity contribution < 1.29 is 37.9 Å². The highest BCUT2D eigenvalue weighted by Crippen LogP contribution is 2.19. The third kappa shape index (κ3) is 23.4. The lowest BCUT2D eigenvalue weighted by molar-refractivity contribution is -0.0212. The number of rotatable bonds is 29. The molecule has 0 radical (unpaired) electrons. The zero-order valence-electron chi connectivity index (χ0n) is 23.0. The van der Waals surface area contributed by atoms with E-state index in [4.69, 9.17) is 43.6 Å². The lowest BCUT2D eigenvalue weighted by Gasteiger charge is -2.09. The average molecular weight is 530 g/mol. The highest BCUT2D eigenvalue weighted by atomic mass is 16.6. The zero-order valence-corrected chi connectivity index (χ0v) is 23.0. The molecule has 37 heavy (non-hydrogen) atoms. The Morgan fingerprint density at radius 1 is 0.459 bits per heavy atom. The first kappa shape index (κ1) is 33.6. The molecule has 0 atom stereocenters. The molecule has 0 saturated carbocycles. The van der Waals surface area contributed by atoms with Crippen molar-refractivity contribution in [3.63, 3.8) is 0 Å². The van der Waals surface area contributed by atoms with Crippen LogP contribution in [0.5, 0.6) is 5.75 Å². The molecular formula is C28H51NO8. The average Bonchev–Trinajstić information content (AvgIpc) is 2.91. The van der Waals surface area contributed by atoms with Gasteiger partial charge in [0.15, 0.2) is 0 Å². The molecule has 0 spiro atoms. The van der Waals surface area contributed by atoms with Gasteiger partial charge in [0, 0.05) is 6.61 Å². The summed E-state index contributed by atoms with van der Waals surface area (Å²) < 4.78 is 44.0. The Bertz CT molecular complexity index is 593. The van der Waals surface area contributed by atoms with Gasteiger partial charge >= 0.3 is 0 Å².